The standard InChI is InChI=1S/C17H25NO3/c1-13-4-5-15(14(2)10-13)11-18(3)16(20)17(12-19)6-8-21-9-7-17/h4-5,10,19H,6-9,11-12H2,1-3H3. The van der Waals surface area contributed by atoms with Gasteiger partial charge in [-0.3, -0.25) is 4.79 Å². The number of carbonyl (C=O) groups excluding carboxylic acids is 1. The van der Waals surface area contributed by atoms with Crippen LogP contribution in [0, 0.1) is 19.3 Å². The van der Waals surface area contributed by atoms with Crippen LogP contribution in [0.5, 0.6) is 0 Å². The zero-order valence-electron chi connectivity index (χ0n) is 13.2. The largest absolute Gasteiger partial charge is 0.395 e. The molecule has 1 saturated heterocycles. The number of ether oxygens (including phenoxy) is 1. The van der Waals surface area contributed by atoms with E-state index in [1.54, 1.807) is 4.90 Å². The van der Waals surface area contributed by atoms with Crippen molar-refractivity contribution in [3.05, 3.63) is 34.9 Å². The van der Waals surface area contributed by atoms with Crippen LogP contribution in [-0.4, -0.2) is 42.8 Å². The molecule has 0 atom stereocenters. The van der Waals surface area contributed by atoms with Crippen LogP contribution >= 0.6 is 0 Å². The Morgan fingerprint density at radius 1 is 1.33 bits per heavy atom. The fourth-order valence-electron chi connectivity index (χ4n) is 2.96. The van der Waals surface area contributed by atoms with E-state index in [4.69, 9.17) is 4.74 Å². The number of hydrogen-bond acceptors (Lipinski definition) is 3. The first kappa shape index (κ1) is 16.0. The average molecular weight is 291 g/mol. The minimum Gasteiger partial charge on any atom is -0.395 e. The summed E-state index contributed by atoms with van der Waals surface area (Å²) < 4.78 is 5.33. The quantitative estimate of drug-likeness (QED) is 0.923. The van der Waals surface area contributed by atoms with Crippen LogP contribution in [0.25, 0.3) is 0 Å². The molecule has 1 aliphatic rings. The van der Waals surface area contributed by atoms with E-state index in [9.17, 15) is 9.90 Å². The lowest BCUT2D eigenvalue weighted by molar-refractivity contribution is -0.150. The van der Waals surface area contributed by atoms with Gasteiger partial charge in [0.15, 0.2) is 0 Å². The van der Waals surface area contributed by atoms with Gasteiger partial charge in [-0.05, 0) is 37.8 Å². The van der Waals surface area contributed by atoms with Gasteiger partial charge >= 0.3 is 0 Å². The van der Waals surface area contributed by atoms with Gasteiger partial charge in [0.2, 0.25) is 5.91 Å². The highest BCUT2D eigenvalue weighted by molar-refractivity contribution is 5.82. The van der Waals surface area contributed by atoms with Gasteiger partial charge in [0.1, 0.15) is 0 Å². The molecule has 2 rings (SSSR count). The molecule has 1 fully saturated rings. The van der Waals surface area contributed by atoms with E-state index in [1.165, 1.54) is 11.1 Å². The molecule has 0 spiro atoms. The van der Waals surface area contributed by atoms with Crippen LogP contribution in [0.1, 0.15) is 29.5 Å². The van der Waals surface area contributed by atoms with Crippen molar-refractivity contribution < 1.29 is 14.6 Å². The molecule has 0 aliphatic carbocycles. The third kappa shape index (κ3) is 3.44. The van der Waals surface area contributed by atoms with Crippen LogP contribution in [-0.2, 0) is 16.1 Å². The molecule has 1 aliphatic heterocycles. The zero-order valence-corrected chi connectivity index (χ0v) is 13.2. The summed E-state index contributed by atoms with van der Waals surface area (Å²) in [6.07, 6.45) is 1.19. The SMILES string of the molecule is Cc1ccc(CN(C)C(=O)C2(CO)CCOCC2)c(C)c1. The maximum absolute atomic E-state index is 12.7. The van der Waals surface area contributed by atoms with E-state index in [2.05, 4.69) is 32.0 Å². The van der Waals surface area contributed by atoms with Crippen LogP contribution in [0.3, 0.4) is 0 Å². The average Bonchev–Trinajstić information content (AvgIpc) is 2.50. The second kappa shape index (κ2) is 6.58. The van der Waals surface area contributed by atoms with E-state index in [0.717, 1.165) is 5.56 Å². The molecule has 1 N–H and O–H groups in total. The van der Waals surface area contributed by atoms with Crippen molar-refractivity contribution in [3.63, 3.8) is 0 Å². The van der Waals surface area contributed by atoms with Crippen molar-refractivity contribution in [3.8, 4) is 0 Å². The molecule has 0 aromatic heterocycles. The van der Waals surface area contributed by atoms with Crippen LogP contribution in [0.15, 0.2) is 18.2 Å². The van der Waals surface area contributed by atoms with Crippen LogP contribution < -0.4 is 0 Å². The normalized spacial score (nSPS) is 17.5. The third-order valence-corrected chi connectivity index (χ3v) is 4.46. The Hall–Kier alpha value is -1.39. The molecule has 0 bridgehead atoms. The third-order valence-electron chi connectivity index (χ3n) is 4.46. The molecule has 116 valence electrons. The van der Waals surface area contributed by atoms with Gasteiger partial charge in [-0.15, -0.1) is 0 Å². The summed E-state index contributed by atoms with van der Waals surface area (Å²) in [6, 6.07) is 6.27. The van der Waals surface area contributed by atoms with Crippen molar-refractivity contribution >= 4 is 5.91 Å². The van der Waals surface area contributed by atoms with E-state index >= 15 is 0 Å². The van der Waals surface area contributed by atoms with Gasteiger partial charge in [0.25, 0.3) is 0 Å². The number of rotatable bonds is 4. The van der Waals surface area contributed by atoms with E-state index in [0.29, 0.717) is 32.6 Å². The summed E-state index contributed by atoms with van der Waals surface area (Å²) in [5.41, 5.74) is 2.91. The molecule has 4 heteroatoms. The molecule has 1 aromatic carbocycles. The molecular formula is C17H25NO3. The van der Waals surface area contributed by atoms with Gasteiger partial charge in [-0.1, -0.05) is 23.8 Å². The summed E-state index contributed by atoms with van der Waals surface area (Å²) in [6.45, 7) is 5.69. The summed E-state index contributed by atoms with van der Waals surface area (Å²) in [5.74, 6) is 0.0216. The highest BCUT2D eigenvalue weighted by Crippen LogP contribution is 2.32. The Kier molecular flexibility index (Phi) is 5.01. The number of aliphatic hydroxyl groups excluding tert-OH is 1. The summed E-state index contributed by atoms with van der Waals surface area (Å²) >= 11 is 0. The van der Waals surface area contributed by atoms with Gasteiger partial charge in [-0.2, -0.15) is 0 Å². The fourth-order valence-corrected chi connectivity index (χ4v) is 2.96. The van der Waals surface area contributed by atoms with Crippen LogP contribution in [0.2, 0.25) is 0 Å². The van der Waals surface area contributed by atoms with Gasteiger partial charge in [0.05, 0.1) is 12.0 Å². The Balaban J connectivity index is 2.11. The highest BCUT2D eigenvalue weighted by Gasteiger charge is 2.41. The van der Waals surface area contributed by atoms with Crippen molar-refractivity contribution in [1.82, 2.24) is 4.90 Å². The molecule has 0 saturated carbocycles. The van der Waals surface area contributed by atoms with Crippen molar-refractivity contribution in [2.45, 2.75) is 33.2 Å². The van der Waals surface area contributed by atoms with Gasteiger partial charge < -0.3 is 14.7 Å². The maximum atomic E-state index is 12.7. The first-order valence-electron chi connectivity index (χ1n) is 7.49. The van der Waals surface area contributed by atoms with Crippen LogP contribution in [0.4, 0.5) is 0 Å². The van der Waals surface area contributed by atoms with Crippen molar-refractivity contribution in [2.24, 2.45) is 5.41 Å². The van der Waals surface area contributed by atoms with E-state index < -0.39 is 5.41 Å². The molecule has 0 radical (unpaired) electrons. The summed E-state index contributed by atoms with van der Waals surface area (Å²) in [5, 5.41) is 9.71. The summed E-state index contributed by atoms with van der Waals surface area (Å²) in [7, 11) is 1.81. The molecule has 21 heavy (non-hydrogen) atoms. The predicted octanol–water partition coefficient (Wildman–Crippen LogP) is 2.05. The molecule has 1 amide bonds. The minimum absolute atomic E-state index is 0.0216. The topological polar surface area (TPSA) is 49.8 Å². The molecule has 0 unspecified atom stereocenters. The van der Waals surface area contributed by atoms with E-state index in [1.807, 2.05) is 7.05 Å². The Bertz CT molecular complexity index is 507. The van der Waals surface area contributed by atoms with E-state index in [-0.39, 0.29) is 12.5 Å². The number of aliphatic hydroxyl groups is 1. The smallest absolute Gasteiger partial charge is 0.231 e. The molecule has 1 heterocycles. The molecule has 4 nitrogen and oxygen atoms in total. The second-order valence-corrected chi connectivity index (χ2v) is 6.14. The predicted molar refractivity (Wildman–Crippen MR) is 82.0 cm³/mol. The van der Waals surface area contributed by atoms with Gasteiger partial charge in [0, 0.05) is 26.8 Å². The maximum Gasteiger partial charge on any atom is 0.231 e. The lowest BCUT2D eigenvalue weighted by atomic mass is 9.79. The Labute approximate surface area is 126 Å². The van der Waals surface area contributed by atoms with Gasteiger partial charge in [-0.25, -0.2) is 0 Å². The Morgan fingerprint density at radius 3 is 2.57 bits per heavy atom. The first-order chi connectivity index (χ1) is 9.98. The lowest BCUT2D eigenvalue weighted by Gasteiger charge is -2.37. The zero-order chi connectivity index (χ0) is 15.5. The fraction of sp³-hybridized carbons (Fsp3) is 0.588. The number of carbonyl (C=O) groups is 1. The number of amides is 1. The molecule has 1 aromatic rings. The second-order valence-electron chi connectivity index (χ2n) is 6.14. The number of nitrogens with zero attached hydrogens (tertiary/aromatic N) is 1. The first-order valence-corrected chi connectivity index (χ1v) is 7.49. The Morgan fingerprint density at radius 2 is 2.00 bits per heavy atom. The van der Waals surface area contributed by atoms with Crippen molar-refractivity contribution in [2.75, 3.05) is 26.9 Å². The molecular weight excluding hydrogens is 266 g/mol. The lowest BCUT2D eigenvalue weighted by Crippen LogP contribution is -2.47. The summed E-state index contributed by atoms with van der Waals surface area (Å²) in [4.78, 5) is 14.5. The number of benzene rings is 1. The number of aryl methyl sites for hydroxylation is 2. The van der Waals surface area contributed by atoms with Crippen molar-refractivity contribution in [1.29, 1.82) is 0 Å². The monoisotopic (exact) mass is 291 g/mol. The number of hydrogen-bond donors (Lipinski definition) is 1. The highest BCUT2D eigenvalue weighted by atomic mass is 16.5. The minimum atomic E-state index is -0.661.